The number of nitrogens with zero attached hydrogens (tertiary/aromatic N) is 6. The fourth-order valence-corrected chi connectivity index (χ4v) is 13.1. The summed E-state index contributed by atoms with van der Waals surface area (Å²) in [4.78, 5) is 32.5. The average Bonchev–Trinajstić information content (AvgIpc) is 3.92. The lowest BCUT2D eigenvalue weighted by atomic mass is 9.59. The lowest BCUT2D eigenvalue weighted by molar-refractivity contribution is -0.137. The first kappa shape index (κ1) is 55.8. The largest absolute Gasteiger partial charge is 0.758 e. The number of hydrogen-bond acceptors (Lipinski definition) is 14. The van der Waals surface area contributed by atoms with Crippen LogP contribution in [-0.4, -0.2) is 109 Å². The van der Waals surface area contributed by atoms with E-state index in [9.17, 15) is 41.1 Å². The number of fused-ring (bicyclic) bond motifs is 1. The van der Waals surface area contributed by atoms with Crippen LogP contribution in [0.15, 0.2) is 96.2 Å². The van der Waals surface area contributed by atoms with Gasteiger partial charge in [0.2, 0.25) is 0 Å². The van der Waals surface area contributed by atoms with Crippen molar-refractivity contribution in [3.63, 3.8) is 0 Å². The molecule has 16 nitrogen and oxygen atoms in total. The number of H-pyrrole nitrogens is 1. The Morgan fingerprint density at radius 2 is 1.70 bits per heavy atom. The second-order valence-electron chi connectivity index (χ2n) is 22.6. The normalized spacial score (nSPS) is 21.3. The Hall–Kier alpha value is -6.52. The molecule has 0 unspecified atom stereocenters. The van der Waals surface area contributed by atoms with Crippen molar-refractivity contribution < 1.29 is 45.4 Å². The number of amides is 1. The van der Waals surface area contributed by atoms with E-state index in [1.165, 1.54) is 37.4 Å². The van der Waals surface area contributed by atoms with Gasteiger partial charge in [-0.15, -0.1) is 0 Å². The van der Waals surface area contributed by atoms with E-state index in [0.29, 0.717) is 61.7 Å². The summed E-state index contributed by atoms with van der Waals surface area (Å²) in [7, 11) is -2.05. The average molecular weight is 1110 g/mol. The van der Waals surface area contributed by atoms with Gasteiger partial charge in [-0.2, -0.15) is 18.2 Å². The van der Waals surface area contributed by atoms with Gasteiger partial charge in [0, 0.05) is 88.1 Å². The number of nitrogens with one attached hydrogen (secondary N) is 3. The maximum Gasteiger partial charge on any atom is 0.416 e. The molecule has 1 spiro atoms. The summed E-state index contributed by atoms with van der Waals surface area (Å²) in [5.74, 6) is -1.02. The van der Waals surface area contributed by atoms with Gasteiger partial charge in [-0.05, 0) is 130 Å². The van der Waals surface area contributed by atoms with Crippen LogP contribution in [0.2, 0.25) is 0 Å². The predicted molar refractivity (Wildman–Crippen MR) is 294 cm³/mol. The Balaban J connectivity index is 0.852. The minimum absolute atomic E-state index is 0.0157. The van der Waals surface area contributed by atoms with Gasteiger partial charge in [-0.25, -0.2) is 22.5 Å². The smallest absolute Gasteiger partial charge is 0.416 e. The maximum atomic E-state index is 14.9. The van der Waals surface area contributed by atoms with Crippen LogP contribution in [0.4, 0.5) is 34.8 Å². The molecule has 0 bridgehead atoms. The molecule has 2 saturated heterocycles. The van der Waals surface area contributed by atoms with Crippen molar-refractivity contribution in [3.8, 4) is 17.4 Å². The molecule has 10 rings (SSSR count). The number of piperazine rings is 1. The van der Waals surface area contributed by atoms with Gasteiger partial charge < -0.3 is 40.1 Å². The molecule has 21 heteroatoms. The number of anilines is 3. The number of ether oxygens (including phenoxy) is 2. The van der Waals surface area contributed by atoms with E-state index in [1.54, 1.807) is 24.3 Å². The van der Waals surface area contributed by atoms with Crippen molar-refractivity contribution in [1.29, 1.82) is 0 Å². The molecule has 3 aromatic heterocycles. The second-order valence-corrected chi connectivity index (χ2v) is 24.3. The van der Waals surface area contributed by atoms with Crippen LogP contribution in [0.3, 0.4) is 0 Å². The highest BCUT2D eigenvalue weighted by atomic mass is 32.2. The molecule has 0 radical (unpaired) electrons. The number of carbonyl (C=O) groups excluding carboxylic acids is 1. The second kappa shape index (κ2) is 22.2. The fraction of sp³-hybridized carbons (Fsp3) is 0.466. The van der Waals surface area contributed by atoms with Gasteiger partial charge in [0.1, 0.15) is 27.9 Å². The van der Waals surface area contributed by atoms with Crippen molar-refractivity contribution in [2.45, 2.75) is 113 Å². The lowest BCUT2D eigenvalue weighted by Crippen LogP contribution is -2.60. The van der Waals surface area contributed by atoms with Crippen molar-refractivity contribution in [1.82, 2.24) is 29.5 Å². The summed E-state index contributed by atoms with van der Waals surface area (Å²) < 4.78 is 97.1. The molecule has 2 saturated carbocycles. The molecule has 2 aliphatic heterocycles. The van der Waals surface area contributed by atoms with Crippen LogP contribution in [0, 0.1) is 22.4 Å². The molecule has 2 aliphatic carbocycles. The summed E-state index contributed by atoms with van der Waals surface area (Å²) >= 11 is 0. The molecule has 1 atom stereocenters. The first-order valence-electron chi connectivity index (χ1n) is 27.0. The molecule has 4 fully saturated rings. The van der Waals surface area contributed by atoms with Crippen LogP contribution in [0.1, 0.15) is 117 Å². The predicted octanol–water partition coefficient (Wildman–Crippen LogP) is 10.8. The zero-order chi connectivity index (χ0) is 56.0. The summed E-state index contributed by atoms with van der Waals surface area (Å²) in [6, 6.07) is 21.9. The summed E-state index contributed by atoms with van der Waals surface area (Å²) in [5.41, 5.74) is 2.86. The monoisotopic (exact) mass is 1110 g/mol. The SMILES string of the molecule is COc1nc2[nH]cc(F)c2cc1Oc1cc(N2CCC3(CC2)CC(N2CCN(Cc4ccc(C(F)(F)F)cc4)C[C@H]2c2ccccc2C(C)C)C3)ccc1C(=O)NS(=O)(=O)c1cnc(NCC2CCC(C)(O)CC2)c(N(C)[O-])c1. The number of alkyl halides is 3. The number of hydrogen-bond donors (Lipinski definition) is 4. The van der Waals surface area contributed by atoms with Crippen LogP contribution in [-0.2, 0) is 22.7 Å². The number of hydroxylamine groups is 1. The molecule has 3 aromatic carbocycles. The summed E-state index contributed by atoms with van der Waals surface area (Å²) in [6.07, 6.45) is 4.47. The molecule has 422 valence electrons. The quantitative estimate of drug-likeness (QED) is 0.0529. The number of methoxy groups -OCH3 is 1. The Morgan fingerprint density at radius 1 is 0.975 bits per heavy atom. The number of halogens is 4. The van der Waals surface area contributed by atoms with E-state index >= 15 is 0 Å². The van der Waals surface area contributed by atoms with Gasteiger partial charge in [-0.3, -0.25) is 14.6 Å². The van der Waals surface area contributed by atoms with Crippen molar-refractivity contribution in [3.05, 3.63) is 130 Å². The Labute approximate surface area is 458 Å². The third-order valence-corrected chi connectivity index (χ3v) is 18.1. The van der Waals surface area contributed by atoms with Gasteiger partial charge in [0.05, 0.1) is 34.9 Å². The van der Waals surface area contributed by atoms with Gasteiger partial charge in [-0.1, -0.05) is 50.2 Å². The van der Waals surface area contributed by atoms with E-state index in [-0.39, 0.29) is 62.9 Å². The topological polar surface area (TPSA) is 192 Å². The van der Waals surface area contributed by atoms with E-state index in [2.05, 4.69) is 77.8 Å². The van der Waals surface area contributed by atoms with Crippen LogP contribution >= 0.6 is 0 Å². The molecule has 79 heavy (non-hydrogen) atoms. The summed E-state index contributed by atoms with van der Waals surface area (Å²) in [5, 5.41) is 26.9. The van der Waals surface area contributed by atoms with Crippen molar-refractivity contribution in [2.75, 3.05) is 68.7 Å². The van der Waals surface area contributed by atoms with E-state index in [0.717, 1.165) is 94.3 Å². The van der Waals surface area contributed by atoms with Gasteiger partial charge in [0.25, 0.3) is 21.8 Å². The zero-order valence-electron chi connectivity index (χ0n) is 45.1. The minimum Gasteiger partial charge on any atom is -0.758 e. The number of pyridine rings is 2. The summed E-state index contributed by atoms with van der Waals surface area (Å²) in [6.45, 7) is 11.0. The number of aromatic nitrogens is 3. The number of sulfonamides is 1. The lowest BCUT2D eigenvalue weighted by Gasteiger charge is -2.58. The Kier molecular flexibility index (Phi) is 15.7. The number of aromatic amines is 1. The van der Waals surface area contributed by atoms with E-state index in [1.807, 2.05) is 6.92 Å². The van der Waals surface area contributed by atoms with Crippen molar-refractivity contribution >= 4 is 44.2 Å². The highest BCUT2D eigenvalue weighted by Crippen LogP contribution is 2.54. The molecule has 5 heterocycles. The number of carbonyl (C=O) groups is 1. The molecule has 1 amide bonds. The first-order valence-corrected chi connectivity index (χ1v) is 28.5. The zero-order valence-corrected chi connectivity index (χ0v) is 45.9. The van der Waals surface area contributed by atoms with Gasteiger partial charge >= 0.3 is 6.18 Å². The third kappa shape index (κ3) is 12.2. The first-order chi connectivity index (χ1) is 37.6. The van der Waals surface area contributed by atoms with Crippen LogP contribution < -0.4 is 29.5 Å². The fourth-order valence-electron chi connectivity index (χ4n) is 12.2. The standard InChI is InChI=1S/C58H68F4N9O7S/c1-36(2)43-8-6-7-9-44(43)49-35-69(34-38-10-12-39(13-11-38)58(60,61)62)24-25-71(49)41-29-57(30-41)20-22-70(23-21-57)40-14-15-45(50(26-40)78-51-28-46-47(59)33-65-52(46)66-55(51)77-5)54(72)67-79(75,76)42-27-48(68(4)74)53(64-32-42)63-31-37-16-18-56(3,73)19-17-37/h6-15,26-28,32-33,36-37,41,49,73H,16-25,29-31,34-35H2,1-5H3,(H,63,64)(H,65,66)(H,67,72)/q-1/t37?,49-,56?/m0/s1. The van der Waals surface area contributed by atoms with E-state index < -0.39 is 44.0 Å². The molecule has 4 aliphatic rings. The molecule has 4 N–H and O–H groups in total. The number of aliphatic hydroxyl groups is 1. The number of piperidine rings is 1. The van der Waals surface area contributed by atoms with Gasteiger partial charge in [0.15, 0.2) is 5.75 Å². The van der Waals surface area contributed by atoms with Crippen LogP contribution in [0.5, 0.6) is 17.4 Å². The third-order valence-electron chi connectivity index (χ3n) is 16.8. The number of benzene rings is 3. The highest BCUT2D eigenvalue weighted by Gasteiger charge is 2.50. The van der Waals surface area contributed by atoms with Crippen molar-refractivity contribution in [2.24, 2.45) is 11.3 Å². The number of rotatable bonds is 16. The molecular weight excluding hydrogens is 1040 g/mol. The van der Waals surface area contributed by atoms with Crippen LogP contribution in [0.25, 0.3) is 11.0 Å². The Morgan fingerprint density at radius 3 is 2.38 bits per heavy atom. The molecular formula is C58H68F4N9O7S-. The Bertz CT molecular complexity index is 3280. The highest BCUT2D eigenvalue weighted by molar-refractivity contribution is 7.90. The minimum atomic E-state index is -4.63. The van der Waals surface area contributed by atoms with E-state index in [4.69, 9.17) is 9.47 Å². The molecule has 6 aromatic rings. The maximum absolute atomic E-state index is 14.9.